The van der Waals surface area contributed by atoms with Crippen LogP contribution in [0, 0.1) is 0 Å². The Balaban J connectivity index is 1.38. The SMILES string of the molecule is O=C(NCc1ccc(C(F)(F)F)cc1)c1c[nH]c2oc(CNCC(O)c3ccco3)cc2c1=O. The summed E-state index contributed by atoms with van der Waals surface area (Å²) in [4.78, 5) is 28.0. The number of aromatic amines is 1. The Morgan fingerprint density at radius 2 is 1.91 bits per heavy atom. The van der Waals surface area contributed by atoms with E-state index >= 15 is 0 Å². The van der Waals surface area contributed by atoms with Crippen LogP contribution in [0.15, 0.2) is 68.6 Å². The number of aromatic nitrogens is 1. The number of pyridine rings is 1. The van der Waals surface area contributed by atoms with Crippen LogP contribution in [-0.2, 0) is 19.3 Å². The van der Waals surface area contributed by atoms with Gasteiger partial charge in [-0.1, -0.05) is 12.1 Å². The number of alkyl halides is 3. The lowest BCUT2D eigenvalue weighted by atomic mass is 10.1. The molecule has 178 valence electrons. The summed E-state index contributed by atoms with van der Waals surface area (Å²) in [5, 5.41) is 15.7. The molecule has 0 fully saturated rings. The largest absolute Gasteiger partial charge is 0.467 e. The summed E-state index contributed by atoms with van der Waals surface area (Å²) in [5.41, 5.74) is -0.859. The molecule has 11 heteroatoms. The standard InChI is InChI=1S/C23H20F3N3O5/c24-23(25,26)14-5-3-13(4-6-14)9-28-21(32)17-11-29-22-16(20(17)31)8-15(34-22)10-27-12-18(30)19-2-1-7-33-19/h1-8,11,18,27,30H,9-10,12H2,(H,28,32)(H,29,31). The van der Waals surface area contributed by atoms with Gasteiger partial charge in [0.25, 0.3) is 5.91 Å². The van der Waals surface area contributed by atoms with Crippen molar-refractivity contribution in [3.63, 3.8) is 0 Å². The quantitative estimate of drug-likeness (QED) is 0.310. The topological polar surface area (TPSA) is 120 Å². The van der Waals surface area contributed by atoms with Crippen LogP contribution in [0.2, 0.25) is 0 Å². The van der Waals surface area contributed by atoms with E-state index in [0.717, 1.165) is 12.1 Å². The zero-order valence-electron chi connectivity index (χ0n) is 17.6. The van der Waals surface area contributed by atoms with Gasteiger partial charge in [0, 0.05) is 19.3 Å². The lowest BCUT2D eigenvalue weighted by molar-refractivity contribution is -0.137. The number of aliphatic hydroxyl groups excluding tert-OH is 1. The molecule has 8 nitrogen and oxygen atoms in total. The first-order chi connectivity index (χ1) is 16.2. The van der Waals surface area contributed by atoms with Crippen LogP contribution in [0.3, 0.4) is 0 Å². The Bertz CT molecular complexity index is 1320. The summed E-state index contributed by atoms with van der Waals surface area (Å²) in [6.07, 6.45) is -2.61. The van der Waals surface area contributed by atoms with Crippen LogP contribution in [-0.4, -0.2) is 22.5 Å². The van der Waals surface area contributed by atoms with E-state index < -0.39 is 29.2 Å². The number of hydrogen-bond acceptors (Lipinski definition) is 6. The number of halogens is 3. The Morgan fingerprint density at radius 3 is 2.59 bits per heavy atom. The highest BCUT2D eigenvalue weighted by Crippen LogP contribution is 2.29. The second kappa shape index (κ2) is 9.57. The summed E-state index contributed by atoms with van der Waals surface area (Å²) in [6, 6.07) is 9.18. The first-order valence-electron chi connectivity index (χ1n) is 10.2. The second-order valence-corrected chi connectivity index (χ2v) is 7.53. The molecule has 0 saturated carbocycles. The molecular weight excluding hydrogens is 455 g/mol. The molecule has 0 radical (unpaired) electrons. The molecule has 4 N–H and O–H groups in total. The van der Waals surface area contributed by atoms with Crippen molar-refractivity contribution < 1.29 is 31.9 Å². The molecule has 0 saturated heterocycles. The Kier molecular flexibility index (Phi) is 6.57. The molecule has 1 aromatic carbocycles. The molecule has 34 heavy (non-hydrogen) atoms. The van der Waals surface area contributed by atoms with E-state index in [4.69, 9.17) is 8.83 Å². The highest BCUT2D eigenvalue weighted by molar-refractivity contribution is 5.96. The Labute approximate surface area is 190 Å². The summed E-state index contributed by atoms with van der Waals surface area (Å²) >= 11 is 0. The molecular formula is C23H20F3N3O5. The van der Waals surface area contributed by atoms with Gasteiger partial charge >= 0.3 is 6.18 Å². The summed E-state index contributed by atoms with van der Waals surface area (Å²) in [5.74, 6) is 0.155. The fourth-order valence-electron chi connectivity index (χ4n) is 3.32. The van der Waals surface area contributed by atoms with Crippen LogP contribution in [0.5, 0.6) is 0 Å². The van der Waals surface area contributed by atoms with Crippen molar-refractivity contribution in [2.75, 3.05) is 6.54 Å². The maximum atomic E-state index is 12.7. The van der Waals surface area contributed by atoms with Crippen molar-refractivity contribution >= 4 is 17.0 Å². The average molecular weight is 475 g/mol. The molecule has 1 unspecified atom stereocenters. The van der Waals surface area contributed by atoms with Gasteiger partial charge in [-0.25, -0.2) is 0 Å². The van der Waals surface area contributed by atoms with Crippen molar-refractivity contribution in [3.8, 4) is 0 Å². The van der Waals surface area contributed by atoms with Crippen LogP contribution in [0.1, 0.15) is 39.1 Å². The lowest BCUT2D eigenvalue weighted by Crippen LogP contribution is -2.28. The fourth-order valence-corrected chi connectivity index (χ4v) is 3.32. The number of rotatable bonds is 8. The lowest BCUT2D eigenvalue weighted by Gasteiger charge is -2.08. The Hall–Kier alpha value is -3.83. The molecule has 4 rings (SSSR count). The number of fused-ring (bicyclic) bond motifs is 1. The number of aliphatic hydroxyl groups is 1. The minimum absolute atomic E-state index is 0.0486. The molecule has 0 aliphatic carbocycles. The van der Waals surface area contributed by atoms with E-state index in [2.05, 4.69) is 15.6 Å². The van der Waals surface area contributed by atoms with Crippen LogP contribution < -0.4 is 16.1 Å². The van der Waals surface area contributed by atoms with Crippen molar-refractivity contribution in [2.24, 2.45) is 0 Å². The van der Waals surface area contributed by atoms with Gasteiger partial charge in [0.1, 0.15) is 23.2 Å². The Morgan fingerprint density at radius 1 is 1.15 bits per heavy atom. The minimum atomic E-state index is -4.44. The monoisotopic (exact) mass is 475 g/mol. The van der Waals surface area contributed by atoms with Gasteiger partial charge in [0.2, 0.25) is 11.1 Å². The van der Waals surface area contributed by atoms with Crippen molar-refractivity contribution in [1.82, 2.24) is 15.6 Å². The third kappa shape index (κ3) is 5.21. The van der Waals surface area contributed by atoms with E-state index in [9.17, 15) is 27.9 Å². The van der Waals surface area contributed by atoms with Gasteiger partial charge < -0.3 is 29.6 Å². The molecule has 0 spiro atoms. The van der Waals surface area contributed by atoms with E-state index in [-0.39, 0.29) is 36.3 Å². The molecule has 3 aromatic heterocycles. The number of carbonyl (C=O) groups is 1. The normalized spacial score (nSPS) is 12.7. The zero-order valence-corrected chi connectivity index (χ0v) is 17.6. The number of H-pyrrole nitrogens is 1. The average Bonchev–Trinajstić information content (AvgIpc) is 3.48. The van der Waals surface area contributed by atoms with Crippen molar-refractivity contribution in [2.45, 2.75) is 25.4 Å². The molecule has 0 aliphatic rings. The van der Waals surface area contributed by atoms with Gasteiger partial charge in [-0.3, -0.25) is 9.59 Å². The van der Waals surface area contributed by atoms with E-state index in [0.29, 0.717) is 17.1 Å². The van der Waals surface area contributed by atoms with E-state index in [1.807, 2.05) is 0 Å². The van der Waals surface area contributed by atoms with E-state index in [1.165, 1.54) is 30.7 Å². The van der Waals surface area contributed by atoms with Gasteiger partial charge in [0.05, 0.1) is 23.8 Å². The molecule has 0 bridgehead atoms. The number of amides is 1. The zero-order chi connectivity index (χ0) is 24.3. The second-order valence-electron chi connectivity index (χ2n) is 7.53. The highest BCUT2D eigenvalue weighted by Gasteiger charge is 2.29. The summed E-state index contributed by atoms with van der Waals surface area (Å²) < 4.78 is 48.7. The number of hydrogen-bond donors (Lipinski definition) is 4. The first-order valence-corrected chi connectivity index (χ1v) is 10.2. The van der Waals surface area contributed by atoms with Crippen LogP contribution >= 0.6 is 0 Å². The van der Waals surface area contributed by atoms with E-state index in [1.54, 1.807) is 12.1 Å². The highest BCUT2D eigenvalue weighted by atomic mass is 19.4. The predicted octanol–water partition coefficient (Wildman–Crippen LogP) is 3.49. The van der Waals surface area contributed by atoms with Gasteiger partial charge in [-0.05, 0) is 35.9 Å². The van der Waals surface area contributed by atoms with Crippen molar-refractivity contribution in [3.05, 3.63) is 93.4 Å². The van der Waals surface area contributed by atoms with Gasteiger partial charge in [-0.2, -0.15) is 13.2 Å². The molecule has 1 amide bonds. The minimum Gasteiger partial charge on any atom is -0.467 e. The maximum Gasteiger partial charge on any atom is 0.416 e. The predicted molar refractivity (Wildman–Crippen MR) is 115 cm³/mol. The molecule has 0 aliphatic heterocycles. The van der Waals surface area contributed by atoms with Crippen molar-refractivity contribution in [1.29, 1.82) is 0 Å². The van der Waals surface area contributed by atoms with Crippen LogP contribution in [0.25, 0.3) is 11.1 Å². The smallest absolute Gasteiger partial charge is 0.416 e. The third-order valence-corrected chi connectivity index (χ3v) is 5.11. The van der Waals surface area contributed by atoms with Gasteiger partial charge in [0.15, 0.2) is 0 Å². The summed E-state index contributed by atoms with van der Waals surface area (Å²) in [7, 11) is 0. The molecule has 1 atom stereocenters. The van der Waals surface area contributed by atoms with Crippen LogP contribution in [0.4, 0.5) is 13.2 Å². The third-order valence-electron chi connectivity index (χ3n) is 5.11. The fraction of sp³-hybridized carbons (Fsp3) is 0.217. The molecule has 4 aromatic rings. The number of nitrogens with one attached hydrogen (secondary N) is 3. The van der Waals surface area contributed by atoms with Gasteiger partial charge in [-0.15, -0.1) is 0 Å². The summed E-state index contributed by atoms with van der Waals surface area (Å²) in [6.45, 7) is 0.359. The first kappa shape index (κ1) is 23.3. The number of benzene rings is 1. The maximum absolute atomic E-state index is 12.7. The number of carbonyl (C=O) groups excluding carboxylic acids is 1. The number of furan rings is 2. The molecule has 3 heterocycles.